The molecule has 0 spiro atoms. The van der Waals surface area contributed by atoms with Gasteiger partial charge in [0.2, 0.25) is 0 Å². The van der Waals surface area contributed by atoms with Crippen LogP contribution in [-0.2, 0) is 6.42 Å². The minimum absolute atomic E-state index is 0.660. The third-order valence-corrected chi connectivity index (χ3v) is 2.09. The van der Waals surface area contributed by atoms with Crippen LogP contribution < -0.4 is 9.47 Å². The van der Waals surface area contributed by atoms with Crippen LogP contribution in [-0.4, -0.2) is 14.2 Å². The molecule has 0 aliphatic rings. The zero-order valence-electron chi connectivity index (χ0n) is 9.33. The minimum atomic E-state index is 0.660. The Kier molecular flexibility index (Phi) is 3.81. The van der Waals surface area contributed by atoms with Crippen LogP contribution in [0.4, 0.5) is 0 Å². The van der Waals surface area contributed by atoms with Crippen LogP contribution in [0.25, 0.3) is 0 Å². The molecule has 0 heterocycles. The molecule has 14 heavy (non-hydrogen) atoms. The van der Waals surface area contributed by atoms with Crippen molar-refractivity contribution < 1.29 is 9.47 Å². The van der Waals surface area contributed by atoms with E-state index in [2.05, 4.69) is 19.9 Å². The van der Waals surface area contributed by atoms with Crippen molar-refractivity contribution in [3.63, 3.8) is 0 Å². The first-order valence-corrected chi connectivity index (χ1v) is 4.88. The Morgan fingerprint density at radius 3 is 2.21 bits per heavy atom. The van der Waals surface area contributed by atoms with E-state index in [1.807, 2.05) is 12.1 Å². The van der Waals surface area contributed by atoms with Crippen LogP contribution in [0.15, 0.2) is 18.2 Å². The van der Waals surface area contributed by atoms with Gasteiger partial charge in [-0.05, 0) is 30.0 Å². The molecule has 0 fully saturated rings. The molecule has 2 nitrogen and oxygen atoms in total. The normalized spacial score (nSPS) is 10.4. The number of rotatable bonds is 4. The van der Waals surface area contributed by atoms with Crippen molar-refractivity contribution in [2.75, 3.05) is 14.2 Å². The number of ether oxygens (including phenoxy) is 2. The van der Waals surface area contributed by atoms with E-state index in [1.54, 1.807) is 14.2 Å². The summed E-state index contributed by atoms with van der Waals surface area (Å²) in [6.07, 6.45) is 1.07. The average Bonchev–Trinajstić information content (AvgIpc) is 2.16. The second-order valence-corrected chi connectivity index (χ2v) is 3.79. The summed E-state index contributed by atoms with van der Waals surface area (Å²) >= 11 is 0. The summed E-state index contributed by atoms with van der Waals surface area (Å²) in [6, 6.07) is 6.08. The molecule has 0 aromatic heterocycles. The Morgan fingerprint density at radius 1 is 1.07 bits per heavy atom. The summed E-state index contributed by atoms with van der Waals surface area (Å²) < 4.78 is 10.4. The Labute approximate surface area is 85.8 Å². The van der Waals surface area contributed by atoms with Gasteiger partial charge in [-0.15, -0.1) is 0 Å². The Hall–Kier alpha value is -1.18. The van der Waals surface area contributed by atoms with E-state index in [4.69, 9.17) is 9.47 Å². The van der Waals surface area contributed by atoms with E-state index >= 15 is 0 Å². The quantitative estimate of drug-likeness (QED) is 0.733. The van der Waals surface area contributed by atoms with Crippen molar-refractivity contribution in [1.82, 2.24) is 0 Å². The van der Waals surface area contributed by atoms with Gasteiger partial charge in [-0.25, -0.2) is 0 Å². The number of hydrogen-bond donors (Lipinski definition) is 0. The van der Waals surface area contributed by atoms with Crippen LogP contribution in [0, 0.1) is 5.92 Å². The van der Waals surface area contributed by atoms with Crippen molar-refractivity contribution in [2.24, 2.45) is 5.92 Å². The van der Waals surface area contributed by atoms with E-state index in [0.29, 0.717) is 5.92 Å². The Bertz CT molecular complexity index is 292. The lowest BCUT2D eigenvalue weighted by molar-refractivity contribution is 0.354. The van der Waals surface area contributed by atoms with Crippen molar-refractivity contribution in [3.05, 3.63) is 23.8 Å². The molecule has 0 amide bonds. The molecule has 0 bridgehead atoms. The molecule has 1 aromatic carbocycles. The van der Waals surface area contributed by atoms with Gasteiger partial charge in [-0.2, -0.15) is 0 Å². The molecule has 0 saturated heterocycles. The average molecular weight is 194 g/mol. The van der Waals surface area contributed by atoms with Crippen molar-refractivity contribution in [3.8, 4) is 11.5 Å². The molecule has 0 unspecified atom stereocenters. The topological polar surface area (TPSA) is 18.5 Å². The molecule has 1 aromatic rings. The molecular weight excluding hydrogens is 176 g/mol. The van der Waals surface area contributed by atoms with Gasteiger partial charge in [-0.3, -0.25) is 0 Å². The fourth-order valence-electron chi connectivity index (χ4n) is 1.48. The van der Waals surface area contributed by atoms with Gasteiger partial charge in [-0.1, -0.05) is 19.9 Å². The van der Waals surface area contributed by atoms with E-state index in [9.17, 15) is 0 Å². The lowest BCUT2D eigenvalue weighted by atomic mass is 10.0. The van der Waals surface area contributed by atoms with Crippen LogP contribution in [0.2, 0.25) is 0 Å². The fraction of sp³-hybridized carbons (Fsp3) is 0.500. The predicted octanol–water partition coefficient (Wildman–Crippen LogP) is 2.90. The number of methoxy groups -OCH3 is 2. The molecular formula is C12H18O2. The van der Waals surface area contributed by atoms with E-state index in [-0.39, 0.29) is 0 Å². The molecule has 78 valence electrons. The van der Waals surface area contributed by atoms with Crippen LogP contribution >= 0.6 is 0 Å². The standard InChI is InChI=1S/C12H18O2/c1-9(2)7-10-5-6-11(13-3)12(8-10)14-4/h5-6,8-9H,7H2,1-4H3. The molecule has 0 atom stereocenters. The molecule has 0 N–H and O–H groups in total. The lowest BCUT2D eigenvalue weighted by Gasteiger charge is -2.10. The maximum absolute atomic E-state index is 5.23. The monoisotopic (exact) mass is 194 g/mol. The molecule has 2 heteroatoms. The van der Waals surface area contributed by atoms with Gasteiger partial charge < -0.3 is 9.47 Å². The summed E-state index contributed by atoms with van der Waals surface area (Å²) in [5.74, 6) is 2.26. The highest BCUT2D eigenvalue weighted by atomic mass is 16.5. The van der Waals surface area contributed by atoms with Crippen molar-refractivity contribution in [2.45, 2.75) is 20.3 Å². The lowest BCUT2D eigenvalue weighted by Crippen LogP contribution is -1.96. The van der Waals surface area contributed by atoms with Gasteiger partial charge in [0.05, 0.1) is 14.2 Å². The first-order chi connectivity index (χ1) is 6.67. The van der Waals surface area contributed by atoms with Crippen molar-refractivity contribution >= 4 is 0 Å². The van der Waals surface area contributed by atoms with Crippen LogP contribution in [0.5, 0.6) is 11.5 Å². The maximum Gasteiger partial charge on any atom is 0.160 e. The second kappa shape index (κ2) is 4.89. The summed E-state index contributed by atoms with van der Waals surface area (Å²) in [7, 11) is 3.32. The van der Waals surface area contributed by atoms with Crippen LogP contribution in [0.3, 0.4) is 0 Å². The fourth-order valence-corrected chi connectivity index (χ4v) is 1.48. The SMILES string of the molecule is COc1ccc(CC(C)C)cc1OC. The highest BCUT2D eigenvalue weighted by molar-refractivity contribution is 5.42. The van der Waals surface area contributed by atoms with Gasteiger partial charge in [0.1, 0.15) is 0 Å². The smallest absolute Gasteiger partial charge is 0.160 e. The maximum atomic E-state index is 5.23. The Balaban J connectivity index is 2.89. The zero-order chi connectivity index (χ0) is 10.6. The zero-order valence-corrected chi connectivity index (χ0v) is 9.33. The second-order valence-electron chi connectivity index (χ2n) is 3.79. The third-order valence-electron chi connectivity index (χ3n) is 2.09. The van der Waals surface area contributed by atoms with Gasteiger partial charge >= 0.3 is 0 Å². The number of hydrogen-bond acceptors (Lipinski definition) is 2. The van der Waals surface area contributed by atoms with Gasteiger partial charge in [0.25, 0.3) is 0 Å². The summed E-state index contributed by atoms with van der Waals surface area (Å²) in [5.41, 5.74) is 1.29. The first-order valence-electron chi connectivity index (χ1n) is 4.88. The molecule has 1 rings (SSSR count). The van der Waals surface area contributed by atoms with Gasteiger partial charge in [0.15, 0.2) is 11.5 Å². The molecule has 0 saturated carbocycles. The first kappa shape index (κ1) is 10.9. The van der Waals surface area contributed by atoms with E-state index in [1.165, 1.54) is 5.56 Å². The summed E-state index contributed by atoms with van der Waals surface area (Å²) in [5, 5.41) is 0. The summed E-state index contributed by atoms with van der Waals surface area (Å²) in [6.45, 7) is 4.41. The van der Waals surface area contributed by atoms with Crippen molar-refractivity contribution in [1.29, 1.82) is 0 Å². The molecule has 0 aliphatic carbocycles. The third kappa shape index (κ3) is 2.66. The highest BCUT2D eigenvalue weighted by Crippen LogP contribution is 2.28. The van der Waals surface area contributed by atoms with Gasteiger partial charge in [0, 0.05) is 0 Å². The predicted molar refractivity (Wildman–Crippen MR) is 58.1 cm³/mol. The van der Waals surface area contributed by atoms with E-state index < -0.39 is 0 Å². The van der Waals surface area contributed by atoms with E-state index in [0.717, 1.165) is 17.9 Å². The minimum Gasteiger partial charge on any atom is -0.493 e. The summed E-state index contributed by atoms with van der Waals surface area (Å²) in [4.78, 5) is 0. The largest absolute Gasteiger partial charge is 0.493 e. The highest BCUT2D eigenvalue weighted by Gasteiger charge is 2.05. The molecule has 0 radical (unpaired) electrons. The van der Waals surface area contributed by atoms with Crippen LogP contribution in [0.1, 0.15) is 19.4 Å². The number of benzene rings is 1. The Morgan fingerprint density at radius 2 is 1.71 bits per heavy atom. The molecule has 0 aliphatic heterocycles.